The second-order valence-electron chi connectivity index (χ2n) is 8.23. The van der Waals surface area contributed by atoms with Crippen molar-refractivity contribution in [1.82, 2.24) is 0 Å². The third-order valence-corrected chi connectivity index (χ3v) is 6.68. The lowest BCUT2D eigenvalue weighted by Crippen LogP contribution is -2.28. The molecule has 1 amide bonds. The van der Waals surface area contributed by atoms with Crippen molar-refractivity contribution in [3.05, 3.63) is 117 Å². The van der Waals surface area contributed by atoms with Crippen LogP contribution in [-0.2, 0) is 4.79 Å². The SMILES string of the molecule is Cc1cc([N+](=O)[O-])c(C)cc1-c1ccc(/C=C2\SC(=Nc3ccccc3)N(c3ccccc3)C2=O)o1. The van der Waals surface area contributed by atoms with Crippen LogP contribution >= 0.6 is 11.8 Å². The predicted octanol–water partition coefficient (Wildman–Crippen LogP) is 7.28. The molecule has 4 aromatic rings. The number of aryl methyl sites for hydroxylation is 2. The van der Waals surface area contributed by atoms with Gasteiger partial charge in [-0.15, -0.1) is 0 Å². The van der Waals surface area contributed by atoms with Crippen molar-refractivity contribution in [1.29, 1.82) is 0 Å². The van der Waals surface area contributed by atoms with Crippen LogP contribution in [0, 0.1) is 24.0 Å². The molecule has 0 spiro atoms. The molecule has 0 unspecified atom stereocenters. The summed E-state index contributed by atoms with van der Waals surface area (Å²) in [6.07, 6.45) is 1.70. The Labute approximate surface area is 211 Å². The molecule has 7 nitrogen and oxygen atoms in total. The number of aliphatic imine (C=N–C) groups is 1. The maximum Gasteiger partial charge on any atom is 0.272 e. The Bertz CT molecular complexity index is 1530. The van der Waals surface area contributed by atoms with Crippen molar-refractivity contribution in [2.24, 2.45) is 4.99 Å². The van der Waals surface area contributed by atoms with E-state index in [2.05, 4.69) is 0 Å². The molecule has 1 saturated heterocycles. The predicted molar refractivity (Wildman–Crippen MR) is 143 cm³/mol. The van der Waals surface area contributed by atoms with Crippen LogP contribution in [0.3, 0.4) is 0 Å². The van der Waals surface area contributed by atoms with Crippen LogP contribution in [0.15, 0.2) is 99.2 Å². The monoisotopic (exact) mass is 495 g/mol. The number of nitro groups is 1. The van der Waals surface area contributed by atoms with Gasteiger partial charge in [0.05, 0.1) is 21.2 Å². The average molecular weight is 496 g/mol. The Morgan fingerprint density at radius 1 is 0.944 bits per heavy atom. The lowest BCUT2D eigenvalue weighted by atomic mass is 10.0. The summed E-state index contributed by atoms with van der Waals surface area (Å²) in [5, 5.41) is 11.8. The van der Waals surface area contributed by atoms with Crippen molar-refractivity contribution in [3.8, 4) is 11.3 Å². The lowest BCUT2D eigenvalue weighted by Gasteiger charge is -2.15. The fraction of sp³-hybridized carbons (Fsp3) is 0.0714. The molecule has 36 heavy (non-hydrogen) atoms. The molecule has 178 valence electrons. The quantitative estimate of drug-likeness (QED) is 0.165. The number of anilines is 1. The number of hydrogen-bond acceptors (Lipinski definition) is 6. The molecule has 1 fully saturated rings. The van der Waals surface area contributed by atoms with Gasteiger partial charge in [-0.3, -0.25) is 19.8 Å². The maximum absolute atomic E-state index is 13.4. The van der Waals surface area contributed by atoms with Gasteiger partial charge in [-0.05, 0) is 73.6 Å². The van der Waals surface area contributed by atoms with Gasteiger partial charge in [0.25, 0.3) is 11.6 Å². The smallest absolute Gasteiger partial charge is 0.272 e. The number of amides is 1. The first kappa shape index (κ1) is 23.3. The van der Waals surface area contributed by atoms with E-state index < -0.39 is 0 Å². The number of amidine groups is 1. The van der Waals surface area contributed by atoms with E-state index >= 15 is 0 Å². The van der Waals surface area contributed by atoms with Crippen molar-refractivity contribution in [2.75, 3.05) is 4.90 Å². The maximum atomic E-state index is 13.4. The zero-order valence-corrected chi connectivity index (χ0v) is 20.4. The molecule has 0 atom stereocenters. The van der Waals surface area contributed by atoms with Crippen molar-refractivity contribution in [3.63, 3.8) is 0 Å². The molecule has 3 aromatic carbocycles. The van der Waals surface area contributed by atoms with Crippen molar-refractivity contribution in [2.45, 2.75) is 13.8 Å². The highest BCUT2D eigenvalue weighted by molar-refractivity contribution is 8.19. The number of benzene rings is 3. The van der Waals surface area contributed by atoms with Crippen LogP contribution in [0.5, 0.6) is 0 Å². The highest BCUT2D eigenvalue weighted by Crippen LogP contribution is 2.38. The van der Waals surface area contributed by atoms with Crippen LogP contribution in [0.4, 0.5) is 17.1 Å². The van der Waals surface area contributed by atoms with Crippen LogP contribution in [0.2, 0.25) is 0 Å². The first-order chi connectivity index (χ1) is 17.4. The van der Waals surface area contributed by atoms with E-state index in [-0.39, 0.29) is 16.5 Å². The normalized spacial score (nSPS) is 15.7. The number of carbonyl (C=O) groups is 1. The summed E-state index contributed by atoms with van der Waals surface area (Å²) < 4.78 is 6.04. The van der Waals surface area contributed by atoms with E-state index in [1.165, 1.54) is 11.8 Å². The number of para-hydroxylation sites is 2. The molecule has 1 aliphatic rings. The zero-order valence-electron chi connectivity index (χ0n) is 19.5. The summed E-state index contributed by atoms with van der Waals surface area (Å²) in [5.41, 5.74) is 3.61. The van der Waals surface area contributed by atoms with E-state index in [1.54, 1.807) is 42.2 Å². The van der Waals surface area contributed by atoms with Gasteiger partial charge < -0.3 is 4.42 Å². The highest BCUT2D eigenvalue weighted by atomic mass is 32.2. The van der Waals surface area contributed by atoms with Gasteiger partial charge in [0.15, 0.2) is 5.17 Å². The summed E-state index contributed by atoms with van der Waals surface area (Å²) in [6, 6.07) is 25.8. The summed E-state index contributed by atoms with van der Waals surface area (Å²) in [5.74, 6) is 0.886. The minimum atomic E-state index is -0.389. The largest absolute Gasteiger partial charge is 0.457 e. The van der Waals surface area contributed by atoms with Crippen molar-refractivity contribution < 1.29 is 14.1 Å². The molecular weight excluding hydrogens is 474 g/mol. The Morgan fingerprint density at radius 3 is 2.33 bits per heavy atom. The molecule has 0 saturated carbocycles. The summed E-state index contributed by atoms with van der Waals surface area (Å²) in [4.78, 5) is 31.1. The van der Waals surface area contributed by atoms with Gasteiger partial charge in [-0.1, -0.05) is 36.4 Å². The molecule has 1 aromatic heterocycles. The number of rotatable bonds is 5. The summed E-state index contributed by atoms with van der Waals surface area (Å²) in [7, 11) is 0. The van der Waals surface area contributed by atoms with Gasteiger partial charge in [-0.25, -0.2) is 4.99 Å². The molecule has 0 bridgehead atoms. The Kier molecular flexibility index (Phi) is 6.26. The number of hydrogen-bond donors (Lipinski definition) is 0. The van der Waals surface area contributed by atoms with Crippen molar-refractivity contribution >= 4 is 46.0 Å². The second-order valence-corrected chi connectivity index (χ2v) is 9.24. The number of nitrogens with zero attached hydrogens (tertiary/aromatic N) is 3. The number of thioether (sulfide) groups is 1. The van der Waals surface area contributed by atoms with Gasteiger partial charge in [0.2, 0.25) is 0 Å². The third-order valence-electron chi connectivity index (χ3n) is 5.71. The second kappa shape index (κ2) is 9.67. The minimum absolute atomic E-state index is 0.0735. The van der Waals surface area contributed by atoms with Gasteiger partial charge in [-0.2, -0.15) is 0 Å². The van der Waals surface area contributed by atoms with E-state index in [0.29, 0.717) is 27.2 Å². The topological polar surface area (TPSA) is 89.0 Å². The number of nitro benzene ring substituents is 1. The first-order valence-corrected chi connectivity index (χ1v) is 12.0. The summed E-state index contributed by atoms with van der Waals surface area (Å²) >= 11 is 1.28. The third kappa shape index (κ3) is 4.58. The lowest BCUT2D eigenvalue weighted by molar-refractivity contribution is -0.385. The van der Waals surface area contributed by atoms with E-state index in [4.69, 9.17) is 9.41 Å². The van der Waals surface area contributed by atoms with E-state index in [0.717, 1.165) is 22.5 Å². The fourth-order valence-corrected chi connectivity index (χ4v) is 4.91. The minimum Gasteiger partial charge on any atom is -0.457 e. The van der Waals surface area contributed by atoms with Crippen LogP contribution in [0.1, 0.15) is 16.9 Å². The van der Waals surface area contributed by atoms with Gasteiger partial charge in [0.1, 0.15) is 11.5 Å². The molecule has 5 rings (SSSR count). The zero-order chi connectivity index (χ0) is 25.2. The van der Waals surface area contributed by atoms with Gasteiger partial charge >= 0.3 is 0 Å². The first-order valence-electron chi connectivity index (χ1n) is 11.2. The molecule has 0 N–H and O–H groups in total. The molecule has 0 radical (unpaired) electrons. The fourth-order valence-electron chi connectivity index (χ4n) is 3.93. The Morgan fingerprint density at radius 2 is 1.64 bits per heavy atom. The Balaban J connectivity index is 1.50. The molecule has 8 heteroatoms. The standard InChI is InChI=1S/C28H21N3O4S/c1-18-16-24(31(33)34)19(2)15-23(18)25-14-13-22(35-25)17-26-27(32)30(21-11-7-4-8-12-21)28(36-26)29-20-9-5-3-6-10-20/h3-17H,1-2H3/b26-17-,29-28?. The summed E-state index contributed by atoms with van der Waals surface area (Å²) in [6.45, 7) is 3.51. The van der Waals surface area contributed by atoms with E-state index in [9.17, 15) is 14.9 Å². The van der Waals surface area contributed by atoms with Crippen LogP contribution in [0.25, 0.3) is 17.4 Å². The van der Waals surface area contributed by atoms with Gasteiger partial charge in [0, 0.05) is 23.3 Å². The number of furan rings is 1. The molecular formula is C28H21N3O4S. The molecule has 1 aliphatic heterocycles. The molecule has 0 aliphatic carbocycles. The molecule has 2 heterocycles. The van der Waals surface area contributed by atoms with Crippen LogP contribution in [-0.4, -0.2) is 16.0 Å². The average Bonchev–Trinajstić information content (AvgIpc) is 3.45. The number of carbonyl (C=O) groups excluding carboxylic acids is 1. The highest BCUT2D eigenvalue weighted by Gasteiger charge is 2.35. The Hall–Kier alpha value is -4.43. The van der Waals surface area contributed by atoms with E-state index in [1.807, 2.05) is 67.6 Å². The van der Waals surface area contributed by atoms with Crippen LogP contribution < -0.4 is 4.90 Å².